The Bertz CT molecular complexity index is 300. The number of hydrogen-bond acceptors (Lipinski definition) is 3. The molecule has 0 radical (unpaired) electrons. The third-order valence-corrected chi connectivity index (χ3v) is 3.31. The molecule has 1 aliphatic rings. The maximum absolute atomic E-state index is 5.91. The van der Waals surface area contributed by atoms with Gasteiger partial charge in [-0.1, -0.05) is 0 Å². The number of likely N-dealkylation sites (tertiary alicyclic amines) is 1. The molecule has 14 heavy (non-hydrogen) atoms. The Hall–Kier alpha value is -0.320. The standard InChI is InChI=1S/C10H15BrN2O/c11-9-3-5-14-10(9)7-13-4-1-2-8(12)6-13/h3,5,8H,1-2,4,6-7,12H2. The second kappa shape index (κ2) is 4.47. The van der Waals surface area contributed by atoms with E-state index < -0.39 is 0 Å². The molecule has 1 saturated heterocycles. The van der Waals surface area contributed by atoms with Crippen LogP contribution in [0.15, 0.2) is 21.2 Å². The van der Waals surface area contributed by atoms with Crippen LogP contribution in [0.3, 0.4) is 0 Å². The summed E-state index contributed by atoms with van der Waals surface area (Å²) in [7, 11) is 0. The molecule has 0 aliphatic carbocycles. The molecular weight excluding hydrogens is 244 g/mol. The Labute approximate surface area is 92.4 Å². The molecule has 0 saturated carbocycles. The van der Waals surface area contributed by atoms with Gasteiger partial charge >= 0.3 is 0 Å². The van der Waals surface area contributed by atoms with Gasteiger partial charge in [-0.15, -0.1) is 0 Å². The summed E-state index contributed by atoms with van der Waals surface area (Å²) in [6.07, 6.45) is 4.05. The molecule has 2 rings (SSSR count). The molecule has 1 unspecified atom stereocenters. The SMILES string of the molecule is NC1CCCN(Cc2occc2Br)C1. The van der Waals surface area contributed by atoms with Crippen molar-refractivity contribution in [3.63, 3.8) is 0 Å². The zero-order chi connectivity index (χ0) is 9.97. The summed E-state index contributed by atoms with van der Waals surface area (Å²) < 4.78 is 6.43. The van der Waals surface area contributed by atoms with Crippen LogP contribution >= 0.6 is 15.9 Å². The topological polar surface area (TPSA) is 42.4 Å². The average molecular weight is 259 g/mol. The average Bonchev–Trinajstić information content (AvgIpc) is 2.52. The summed E-state index contributed by atoms with van der Waals surface area (Å²) >= 11 is 3.46. The van der Waals surface area contributed by atoms with Gasteiger partial charge in [0, 0.05) is 12.6 Å². The summed E-state index contributed by atoms with van der Waals surface area (Å²) in [5, 5.41) is 0. The summed E-state index contributed by atoms with van der Waals surface area (Å²) in [6, 6.07) is 2.26. The maximum atomic E-state index is 5.91. The minimum Gasteiger partial charge on any atom is -0.467 e. The molecule has 0 amide bonds. The Kier molecular flexibility index (Phi) is 3.26. The number of furan rings is 1. The van der Waals surface area contributed by atoms with Crippen molar-refractivity contribution in [1.29, 1.82) is 0 Å². The van der Waals surface area contributed by atoms with Gasteiger partial charge in [0.2, 0.25) is 0 Å². The quantitative estimate of drug-likeness (QED) is 0.882. The minimum absolute atomic E-state index is 0.331. The van der Waals surface area contributed by atoms with Crippen LogP contribution in [0.5, 0.6) is 0 Å². The predicted octanol–water partition coefficient (Wildman–Crippen LogP) is 1.97. The molecule has 1 aliphatic heterocycles. The first-order valence-corrected chi connectivity index (χ1v) is 5.75. The van der Waals surface area contributed by atoms with Crippen molar-refractivity contribution in [2.24, 2.45) is 5.73 Å². The molecule has 1 atom stereocenters. The highest BCUT2D eigenvalue weighted by Gasteiger charge is 2.18. The van der Waals surface area contributed by atoms with Gasteiger partial charge in [-0.25, -0.2) is 0 Å². The fraction of sp³-hybridized carbons (Fsp3) is 0.600. The van der Waals surface area contributed by atoms with E-state index in [0.29, 0.717) is 6.04 Å². The molecule has 1 fully saturated rings. The second-order valence-electron chi connectivity index (χ2n) is 3.83. The Morgan fingerprint density at radius 1 is 1.64 bits per heavy atom. The highest BCUT2D eigenvalue weighted by atomic mass is 79.9. The van der Waals surface area contributed by atoms with Crippen LogP contribution in [0.2, 0.25) is 0 Å². The van der Waals surface area contributed by atoms with E-state index in [1.54, 1.807) is 6.26 Å². The number of nitrogens with zero attached hydrogens (tertiary/aromatic N) is 1. The number of piperidine rings is 1. The molecule has 0 bridgehead atoms. The first-order chi connectivity index (χ1) is 6.75. The molecule has 1 aromatic rings. The first kappa shape index (κ1) is 10.2. The van der Waals surface area contributed by atoms with E-state index in [2.05, 4.69) is 20.8 Å². The number of hydrogen-bond donors (Lipinski definition) is 1. The van der Waals surface area contributed by atoms with Gasteiger partial charge in [0.25, 0.3) is 0 Å². The maximum Gasteiger partial charge on any atom is 0.131 e. The van der Waals surface area contributed by atoms with Crippen molar-refractivity contribution < 1.29 is 4.42 Å². The van der Waals surface area contributed by atoms with Gasteiger partial charge in [-0.3, -0.25) is 4.90 Å². The third kappa shape index (κ3) is 2.38. The molecule has 3 nitrogen and oxygen atoms in total. The monoisotopic (exact) mass is 258 g/mol. The second-order valence-corrected chi connectivity index (χ2v) is 4.68. The lowest BCUT2D eigenvalue weighted by atomic mass is 10.1. The number of rotatable bonds is 2. The molecule has 78 valence electrons. The van der Waals surface area contributed by atoms with E-state index in [-0.39, 0.29) is 0 Å². The van der Waals surface area contributed by atoms with Crippen molar-refractivity contribution in [2.45, 2.75) is 25.4 Å². The molecule has 2 heterocycles. The number of nitrogens with two attached hydrogens (primary N) is 1. The minimum atomic E-state index is 0.331. The van der Waals surface area contributed by atoms with E-state index >= 15 is 0 Å². The Morgan fingerprint density at radius 2 is 2.50 bits per heavy atom. The fourth-order valence-corrected chi connectivity index (χ4v) is 2.20. The summed E-state index contributed by atoms with van der Waals surface area (Å²) in [6.45, 7) is 2.97. The van der Waals surface area contributed by atoms with E-state index in [4.69, 9.17) is 10.2 Å². The summed E-state index contributed by atoms with van der Waals surface area (Å²) in [5.74, 6) is 0.999. The summed E-state index contributed by atoms with van der Waals surface area (Å²) in [4.78, 5) is 2.34. The molecule has 0 aromatic carbocycles. The summed E-state index contributed by atoms with van der Waals surface area (Å²) in [5.41, 5.74) is 5.91. The normalized spacial score (nSPS) is 24.0. The highest BCUT2D eigenvalue weighted by Crippen LogP contribution is 2.20. The van der Waals surface area contributed by atoms with Gasteiger partial charge in [-0.05, 0) is 41.4 Å². The smallest absolute Gasteiger partial charge is 0.131 e. The van der Waals surface area contributed by atoms with E-state index in [0.717, 1.165) is 36.3 Å². The highest BCUT2D eigenvalue weighted by molar-refractivity contribution is 9.10. The largest absolute Gasteiger partial charge is 0.467 e. The van der Waals surface area contributed by atoms with Crippen molar-refractivity contribution >= 4 is 15.9 Å². The van der Waals surface area contributed by atoms with Crippen molar-refractivity contribution in [2.75, 3.05) is 13.1 Å². The van der Waals surface area contributed by atoms with E-state index in [1.165, 1.54) is 6.42 Å². The van der Waals surface area contributed by atoms with Crippen LogP contribution in [0.1, 0.15) is 18.6 Å². The van der Waals surface area contributed by atoms with Gasteiger partial charge in [-0.2, -0.15) is 0 Å². The Balaban J connectivity index is 1.94. The van der Waals surface area contributed by atoms with E-state index in [1.807, 2.05) is 6.07 Å². The lowest BCUT2D eigenvalue weighted by molar-refractivity contribution is 0.187. The third-order valence-electron chi connectivity index (χ3n) is 2.60. The zero-order valence-electron chi connectivity index (χ0n) is 8.08. The van der Waals surface area contributed by atoms with Crippen LogP contribution < -0.4 is 5.73 Å². The Morgan fingerprint density at radius 3 is 3.14 bits per heavy atom. The molecule has 1 aromatic heterocycles. The lowest BCUT2D eigenvalue weighted by Crippen LogP contribution is -2.42. The first-order valence-electron chi connectivity index (χ1n) is 4.95. The van der Waals surface area contributed by atoms with Gasteiger partial charge in [0.15, 0.2) is 0 Å². The van der Waals surface area contributed by atoms with Gasteiger partial charge < -0.3 is 10.2 Å². The van der Waals surface area contributed by atoms with Gasteiger partial charge in [0.1, 0.15) is 5.76 Å². The molecule has 2 N–H and O–H groups in total. The van der Waals surface area contributed by atoms with E-state index in [9.17, 15) is 0 Å². The van der Waals surface area contributed by atoms with Crippen LogP contribution in [0.4, 0.5) is 0 Å². The van der Waals surface area contributed by atoms with Crippen molar-refractivity contribution in [3.8, 4) is 0 Å². The van der Waals surface area contributed by atoms with Crippen molar-refractivity contribution in [3.05, 3.63) is 22.6 Å². The molecule has 0 spiro atoms. The fourth-order valence-electron chi connectivity index (χ4n) is 1.88. The van der Waals surface area contributed by atoms with Crippen LogP contribution in [-0.2, 0) is 6.54 Å². The number of halogens is 1. The predicted molar refractivity (Wildman–Crippen MR) is 58.9 cm³/mol. The van der Waals surface area contributed by atoms with Crippen molar-refractivity contribution in [1.82, 2.24) is 4.90 Å². The molecular formula is C10H15BrN2O. The van der Waals surface area contributed by atoms with Crippen LogP contribution in [-0.4, -0.2) is 24.0 Å². The van der Waals surface area contributed by atoms with Gasteiger partial charge in [0.05, 0.1) is 17.3 Å². The lowest BCUT2D eigenvalue weighted by Gasteiger charge is -2.29. The van der Waals surface area contributed by atoms with Crippen LogP contribution in [0, 0.1) is 0 Å². The zero-order valence-corrected chi connectivity index (χ0v) is 9.66. The molecule has 4 heteroatoms. The van der Waals surface area contributed by atoms with Crippen LogP contribution in [0.25, 0.3) is 0 Å².